The van der Waals surface area contributed by atoms with E-state index >= 15 is 0 Å². The Bertz CT molecular complexity index is 551. The van der Waals surface area contributed by atoms with E-state index in [-0.39, 0.29) is 4.54 Å². The van der Waals surface area contributed by atoms with Gasteiger partial charge in [0, 0.05) is 0 Å². The normalized spacial score (nSPS) is 10.1. The molecule has 17 heavy (non-hydrogen) atoms. The van der Waals surface area contributed by atoms with E-state index in [0.29, 0.717) is 0 Å². The van der Waals surface area contributed by atoms with Crippen LogP contribution >= 0.6 is 11.8 Å². The fourth-order valence-corrected chi connectivity index (χ4v) is 2.72. The Labute approximate surface area is 111 Å². The molecule has 0 spiro atoms. The van der Waals surface area contributed by atoms with E-state index in [9.17, 15) is 4.79 Å². The van der Waals surface area contributed by atoms with Crippen LogP contribution < -0.4 is 0 Å². The average molecular weight is 310 g/mol. The molecule has 0 aliphatic rings. The monoisotopic (exact) mass is 311 g/mol. The summed E-state index contributed by atoms with van der Waals surface area (Å²) in [6.07, 6.45) is 1.73. The van der Waals surface area contributed by atoms with Crippen LogP contribution in [0, 0.1) is 0 Å². The van der Waals surface area contributed by atoms with Crippen LogP contribution in [-0.2, 0) is 4.79 Å². The van der Waals surface area contributed by atoms with Gasteiger partial charge in [-0.2, -0.15) is 0 Å². The van der Waals surface area contributed by atoms with Crippen LogP contribution in [0.5, 0.6) is 0 Å². The Morgan fingerprint density at radius 1 is 1.18 bits per heavy atom. The molecule has 1 heterocycles. The molecule has 0 unspecified atom stereocenters. The van der Waals surface area contributed by atoms with Crippen molar-refractivity contribution in [3.8, 4) is 0 Å². The van der Waals surface area contributed by atoms with Gasteiger partial charge < -0.3 is 0 Å². The summed E-state index contributed by atoms with van der Waals surface area (Å²) >= 11 is 4.10. The molecular formula is C12H9NO2SSe. The molecule has 1 aromatic carbocycles. The first kappa shape index (κ1) is 12.2. The number of hydrogen-bond acceptors (Lipinski definition) is 2. The third kappa shape index (κ3) is 2.88. The van der Waals surface area contributed by atoms with Gasteiger partial charge in [-0.1, -0.05) is 0 Å². The van der Waals surface area contributed by atoms with Crippen molar-refractivity contribution >= 4 is 37.8 Å². The minimum absolute atomic E-state index is 0.174. The molecular weight excluding hydrogens is 301 g/mol. The summed E-state index contributed by atoms with van der Waals surface area (Å²) in [6.45, 7) is 0. The summed E-state index contributed by atoms with van der Waals surface area (Å²) in [4.78, 5) is 12.0. The van der Waals surface area contributed by atoms with E-state index in [0.717, 1.165) is 9.92 Å². The topological polar surface area (TPSA) is 42.2 Å². The number of aliphatic carboxylic acids is 1. The molecule has 0 atom stereocenters. The van der Waals surface area contributed by atoms with Crippen molar-refractivity contribution in [3.05, 3.63) is 48.7 Å². The van der Waals surface area contributed by atoms with Gasteiger partial charge in [0.15, 0.2) is 0 Å². The van der Waals surface area contributed by atoms with E-state index in [1.54, 1.807) is 10.8 Å². The first-order chi connectivity index (χ1) is 8.18. The zero-order valence-corrected chi connectivity index (χ0v) is 11.3. The van der Waals surface area contributed by atoms with Gasteiger partial charge in [0.1, 0.15) is 0 Å². The van der Waals surface area contributed by atoms with Crippen molar-refractivity contribution < 1.29 is 9.90 Å². The maximum absolute atomic E-state index is 10.9. The Hall–Kier alpha value is -1.29. The molecule has 0 saturated heterocycles. The summed E-state index contributed by atoms with van der Waals surface area (Å²) in [5.74, 6) is -0.962. The zero-order chi connectivity index (χ0) is 12.3. The van der Waals surface area contributed by atoms with Crippen molar-refractivity contribution in [1.82, 2.24) is 4.57 Å². The number of aromatic nitrogens is 1. The Morgan fingerprint density at radius 3 is 2.53 bits per heavy atom. The third-order valence-electron chi connectivity index (χ3n) is 2.08. The van der Waals surface area contributed by atoms with Crippen LogP contribution in [0.3, 0.4) is 0 Å². The number of benzene rings is 1. The summed E-state index contributed by atoms with van der Waals surface area (Å²) in [5.41, 5.74) is 0. The first-order valence-corrected chi connectivity index (χ1v) is 6.53. The van der Waals surface area contributed by atoms with Crippen LogP contribution in [0.15, 0.2) is 58.6 Å². The first-order valence-electron chi connectivity index (χ1n) is 4.86. The van der Waals surface area contributed by atoms with Gasteiger partial charge in [-0.05, 0) is 0 Å². The summed E-state index contributed by atoms with van der Waals surface area (Å²) in [5, 5.41) is 9.81. The fourth-order valence-electron chi connectivity index (χ4n) is 1.33. The second-order valence-electron chi connectivity index (χ2n) is 3.24. The van der Waals surface area contributed by atoms with Gasteiger partial charge in [-0.25, -0.2) is 0 Å². The Morgan fingerprint density at radius 2 is 1.88 bits per heavy atom. The van der Waals surface area contributed by atoms with Crippen LogP contribution in [0.2, 0.25) is 0 Å². The van der Waals surface area contributed by atoms with E-state index in [1.807, 2.05) is 42.5 Å². The second kappa shape index (κ2) is 5.36. The number of carbonyl (C=O) groups is 1. The molecule has 2 rings (SSSR count). The number of hydrogen-bond donors (Lipinski definition) is 1. The van der Waals surface area contributed by atoms with Crippen molar-refractivity contribution in [2.24, 2.45) is 0 Å². The van der Waals surface area contributed by atoms with Crippen molar-refractivity contribution in [3.63, 3.8) is 0 Å². The van der Waals surface area contributed by atoms with E-state index < -0.39 is 5.97 Å². The van der Waals surface area contributed by atoms with E-state index in [4.69, 9.17) is 5.11 Å². The number of carboxylic acids is 1. The molecule has 0 saturated carbocycles. The van der Waals surface area contributed by atoms with Gasteiger partial charge >= 0.3 is 111 Å². The Kier molecular flexibility index (Phi) is 3.84. The van der Waals surface area contributed by atoms with Crippen LogP contribution in [0.4, 0.5) is 0 Å². The number of carboxylic acid groups (broad SMARTS) is 1. The second-order valence-corrected chi connectivity index (χ2v) is 5.15. The standard InChI is InChI=1S/C12H9NO2SSe/c14-12(15)11(17)13-8-4-7-10(13)16-9-5-2-1-3-6-9/h1-8H,(H,14,15). The van der Waals surface area contributed by atoms with Crippen LogP contribution in [0.25, 0.3) is 0 Å². The molecule has 0 radical (unpaired) electrons. The van der Waals surface area contributed by atoms with Gasteiger partial charge in [-0.3, -0.25) is 0 Å². The Balaban J connectivity index is 2.26. The predicted octanol–water partition coefficient (Wildman–Crippen LogP) is 1.87. The van der Waals surface area contributed by atoms with Crippen molar-refractivity contribution in [2.45, 2.75) is 9.92 Å². The SMILES string of the molecule is O=C(O)C(=[Se])n1cccc1Sc1ccccc1. The summed E-state index contributed by atoms with van der Waals surface area (Å²) in [6, 6.07) is 13.5. The molecule has 0 fully saturated rings. The number of nitrogens with zero attached hydrogens (tertiary/aromatic N) is 1. The predicted molar refractivity (Wildman–Crippen MR) is 68.8 cm³/mol. The molecule has 0 bridgehead atoms. The van der Waals surface area contributed by atoms with Crippen molar-refractivity contribution in [2.75, 3.05) is 0 Å². The summed E-state index contributed by atoms with van der Waals surface area (Å²) in [7, 11) is 0. The van der Waals surface area contributed by atoms with Crippen molar-refractivity contribution in [1.29, 1.82) is 0 Å². The minimum atomic E-state index is -0.962. The van der Waals surface area contributed by atoms with Crippen LogP contribution in [0.1, 0.15) is 0 Å². The van der Waals surface area contributed by atoms with Gasteiger partial charge in [0.05, 0.1) is 0 Å². The van der Waals surface area contributed by atoms with Gasteiger partial charge in [0.25, 0.3) is 0 Å². The molecule has 0 aliphatic heterocycles. The molecule has 0 aliphatic carbocycles. The molecule has 0 amide bonds. The van der Waals surface area contributed by atoms with Crippen LogP contribution in [-0.4, -0.2) is 35.8 Å². The molecule has 5 heteroatoms. The molecule has 2 aromatic rings. The molecule has 3 nitrogen and oxygen atoms in total. The van der Waals surface area contributed by atoms with Gasteiger partial charge in [0.2, 0.25) is 0 Å². The summed E-state index contributed by atoms with van der Waals surface area (Å²) < 4.78 is 1.80. The molecule has 1 aromatic heterocycles. The maximum atomic E-state index is 10.9. The quantitative estimate of drug-likeness (QED) is 0.877. The van der Waals surface area contributed by atoms with E-state index in [2.05, 4.69) is 15.6 Å². The average Bonchev–Trinajstić information content (AvgIpc) is 2.77. The van der Waals surface area contributed by atoms with Gasteiger partial charge in [-0.15, -0.1) is 0 Å². The molecule has 86 valence electrons. The number of rotatable bonds is 4. The zero-order valence-electron chi connectivity index (χ0n) is 8.74. The third-order valence-corrected chi connectivity index (χ3v) is 3.91. The molecule has 1 N–H and O–H groups in total. The fraction of sp³-hybridized carbons (Fsp3) is 0. The van der Waals surface area contributed by atoms with E-state index in [1.165, 1.54) is 11.8 Å².